The zero-order chi connectivity index (χ0) is 23.6. The fraction of sp³-hybridized carbons (Fsp3) is 0.800. The van der Waals surface area contributed by atoms with Gasteiger partial charge in [-0.2, -0.15) is 0 Å². The van der Waals surface area contributed by atoms with E-state index in [1.54, 1.807) is 12.5 Å². The van der Waals surface area contributed by atoms with Crippen LogP contribution >= 0.6 is 0 Å². The Morgan fingerprint density at radius 1 is 0.906 bits per heavy atom. The lowest BCUT2D eigenvalue weighted by Gasteiger charge is -2.48. The SMILES string of the molecule is C=C(C)[C@H]1CC[C@@H](C)[C@@H]2CCC(C)=C[C@@H]21.CC1=C[C@H]2[C@@H](CC1)[C@H](C)CC[C@@H]2C(C)(O)CO. The minimum atomic E-state index is -0.919. The minimum Gasteiger partial charge on any atom is -0.393 e. The molecule has 0 aromatic heterocycles. The standard InChI is InChI=1S/C15H26O2.C15H24/c1-10-4-6-12-11(2)5-7-14(13(12)8-10)15(3,17)9-16;1-10(2)13-8-6-12(4)14-7-5-11(3)9-15(13)14/h8,11-14,16-17H,4-7,9H2,1-3H3;9,12-15H,1,5-8H2,2-4H3/t11-,12+,13+,14+,15?;12-,13-,14+,15-/m11/s1. The van der Waals surface area contributed by atoms with Gasteiger partial charge in [-0.25, -0.2) is 0 Å². The Labute approximate surface area is 198 Å². The third kappa shape index (κ3) is 5.61. The molecule has 2 N–H and O–H groups in total. The van der Waals surface area contributed by atoms with Crippen LogP contribution < -0.4 is 0 Å². The van der Waals surface area contributed by atoms with Crippen molar-refractivity contribution >= 4 is 0 Å². The molecule has 0 aliphatic heterocycles. The van der Waals surface area contributed by atoms with Crippen molar-refractivity contribution in [3.63, 3.8) is 0 Å². The summed E-state index contributed by atoms with van der Waals surface area (Å²) in [6.07, 6.45) is 15.1. The summed E-state index contributed by atoms with van der Waals surface area (Å²) in [6, 6.07) is 0. The Kier molecular flexibility index (Phi) is 8.53. The van der Waals surface area contributed by atoms with E-state index in [1.807, 2.05) is 0 Å². The van der Waals surface area contributed by atoms with Crippen LogP contribution in [0, 0.1) is 47.3 Å². The third-order valence-electron chi connectivity index (χ3n) is 9.70. The van der Waals surface area contributed by atoms with Crippen LogP contribution in [0.25, 0.3) is 0 Å². The molecule has 0 heterocycles. The van der Waals surface area contributed by atoms with Crippen molar-refractivity contribution in [1.29, 1.82) is 0 Å². The second kappa shape index (κ2) is 10.6. The molecule has 4 aliphatic rings. The van der Waals surface area contributed by atoms with Crippen molar-refractivity contribution in [3.05, 3.63) is 35.5 Å². The molecule has 32 heavy (non-hydrogen) atoms. The average Bonchev–Trinajstić information content (AvgIpc) is 2.74. The highest BCUT2D eigenvalue weighted by molar-refractivity contribution is 5.16. The maximum absolute atomic E-state index is 10.4. The molecule has 182 valence electrons. The summed E-state index contributed by atoms with van der Waals surface area (Å²) < 4.78 is 0. The van der Waals surface area contributed by atoms with Crippen LogP contribution in [0.2, 0.25) is 0 Å². The summed E-state index contributed by atoms with van der Waals surface area (Å²) in [4.78, 5) is 0. The first-order valence-electron chi connectivity index (χ1n) is 13.4. The van der Waals surface area contributed by atoms with E-state index in [9.17, 15) is 10.2 Å². The summed E-state index contributed by atoms with van der Waals surface area (Å²) in [7, 11) is 0. The molecule has 0 aromatic rings. The van der Waals surface area contributed by atoms with E-state index >= 15 is 0 Å². The Hall–Kier alpha value is -0.860. The molecular weight excluding hydrogens is 392 g/mol. The molecule has 0 radical (unpaired) electrons. The van der Waals surface area contributed by atoms with E-state index in [1.165, 1.54) is 56.1 Å². The summed E-state index contributed by atoms with van der Waals surface area (Å²) in [5.41, 5.74) is 3.55. The van der Waals surface area contributed by atoms with Crippen molar-refractivity contribution in [3.8, 4) is 0 Å². The lowest BCUT2D eigenvalue weighted by atomic mass is 9.59. The van der Waals surface area contributed by atoms with Gasteiger partial charge in [0.2, 0.25) is 0 Å². The smallest absolute Gasteiger partial charge is 0.0883 e. The molecule has 2 nitrogen and oxygen atoms in total. The van der Waals surface area contributed by atoms with Crippen molar-refractivity contribution in [2.24, 2.45) is 47.3 Å². The Bertz CT molecular complexity index is 714. The second-order valence-electron chi connectivity index (χ2n) is 12.3. The predicted molar refractivity (Wildman–Crippen MR) is 136 cm³/mol. The molecule has 4 aliphatic carbocycles. The van der Waals surface area contributed by atoms with Crippen LogP contribution in [-0.4, -0.2) is 22.4 Å². The third-order valence-corrected chi connectivity index (χ3v) is 9.70. The number of hydrogen-bond acceptors (Lipinski definition) is 2. The minimum absolute atomic E-state index is 0.123. The lowest BCUT2D eigenvalue weighted by Crippen LogP contribution is -2.48. The molecule has 0 bridgehead atoms. The predicted octanol–water partition coefficient (Wildman–Crippen LogP) is 7.33. The Morgan fingerprint density at radius 2 is 1.41 bits per heavy atom. The van der Waals surface area contributed by atoms with E-state index in [-0.39, 0.29) is 12.5 Å². The number of rotatable bonds is 3. The monoisotopic (exact) mass is 442 g/mol. The van der Waals surface area contributed by atoms with Gasteiger partial charge in [-0.1, -0.05) is 55.7 Å². The number of aliphatic hydroxyl groups is 2. The summed E-state index contributed by atoms with van der Waals surface area (Å²) in [5.74, 6) is 5.59. The van der Waals surface area contributed by atoms with Crippen LogP contribution in [0.3, 0.4) is 0 Å². The van der Waals surface area contributed by atoms with E-state index < -0.39 is 5.60 Å². The van der Waals surface area contributed by atoms with Crippen LogP contribution in [-0.2, 0) is 0 Å². The molecule has 0 spiro atoms. The van der Waals surface area contributed by atoms with E-state index in [4.69, 9.17) is 0 Å². The molecule has 2 fully saturated rings. The first kappa shape index (κ1) is 25.8. The van der Waals surface area contributed by atoms with Crippen LogP contribution in [0.1, 0.15) is 92.9 Å². The van der Waals surface area contributed by atoms with Crippen molar-refractivity contribution in [1.82, 2.24) is 0 Å². The summed E-state index contributed by atoms with van der Waals surface area (Å²) >= 11 is 0. The van der Waals surface area contributed by atoms with Gasteiger partial charge in [-0.05, 0) is 120 Å². The molecular formula is C30H50O2. The molecule has 2 heteroatoms. The number of allylic oxidation sites excluding steroid dienone is 5. The highest BCUT2D eigenvalue weighted by Crippen LogP contribution is 2.49. The zero-order valence-corrected chi connectivity index (χ0v) is 21.7. The van der Waals surface area contributed by atoms with Crippen LogP contribution in [0.5, 0.6) is 0 Å². The van der Waals surface area contributed by atoms with Gasteiger partial charge in [0, 0.05) is 0 Å². The highest BCUT2D eigenvalue weighted by atomic mass is 16.3. The van der Waals surface area contributed by atoms with Crippen LogP contribution in [0.4, 0.5) is 0 Å². The maximum atomic E-state index is 10.4. The Morgan fingerprint density at radius 3 is 1.94 bits per heavy atom. The van der Waals surface area contributed by atoms with Crippen molar-refractivity contribution < 1.29 is 10.2 Å². The van der Waals surface area contributed by atoms with Gasteiger partial charge < -0.3 is 10.2 Å². The van der Waals surface area contributed by atoms with Crippen LogP contribution in [0.15, 0.2) is 35.5 Å². The molecule has 0 saturated heterocycles. The van der Waals surface area contributed by atoms with Gasteiger partial charge in [0.1, 0.15) is 0 Å². The second-order valence-corrected chi connectivity index (χ2v) is 12.3. The van der Waals surface area contributed by atoms with E-state index in [0.717, 1.165) is 36.0 Å². The topological polar surface area (TPSA) is 40.5 Å². The number of aliphatic hydroxyl groups excluding tert-OH is 1. The number of fused-ring (bicyclic) bond motifs is 2. The van der Waals surface area contributed by atoms with Crippen molar-refractivity contribution in [2.75, 3.05) is 6.61 Å². The summed E-state index contributed by atoms with van der Waals surface area (Å²) in [5, 5.41) is 19.8. The fourth-order valence-electron chi connectivity index (χ4n) is 7.52. The van der Waals surface area contributed by atoms with Gasteiger partial charge in [0.05, 0.1) is 12.2 Å². The summed E-state index contributed by atoms with van der Waals surface area (Å²) in [6.45, 7) is 17.4. The normalized spacial score (nSPS) is 41.0. The van der Waals surface area contributed by atoms with E-state index in [2.05, 4.69) is 53.3 Å². The van der Waals surface area contributed by atoms with Gasteiger partial charge >= 0.3 is 0 Å². The zero-order valence-electron chi connectivity index (χ0n) is 21.7. The first-order valence-corrected chi connectivity index (χ1v) is 13.4. The maximum Gasteiger partial charge on any atom is 0.0883 e. The molecule has 0 amide bonds. The van der Waals surface area contributed by atoms with Gasteiger partial charge in [0.15, 0.2) is 0 Å². The molecule has 0 aromatic carbocycles. The van der Waals surface area contributed by atoms with Gasteiger partial charge in [0.25, 0.3) is 0 Å². The molecule has 1 unspecified atom stereocenters. The molecule has 4 rings (SSSR count). The lowest BCUT2D eigenvalue weighted by molar-refractivity contribution is -0.0896. The fourth-order valence-corrected chi connectivity index (χ4v) is 7.52. The molecule has 2 saturated carbocycles. The van der Waals surface area contributed by atoms with E-state index in [0.29, 0.717) is 11.8 Å². The Balaban J connectivity index is 0.000000182. The van der Waals surface area contributed by atoms with Crippen molar-refractivity contribution in [2.45, 2.75) is 98.5 Å². The largest absolute Gasteiger partial charge is 0.393 e. The first-order chi connectivity index (χ1) is 15.0. The molecule has 9 atom stereocenters. The quantitative estimate of drug-likeness (QED) is 0.449. The average molecular weight is 443 g/mol. The van der Waals surface area contributed by atoms with Gasteiger partial charge in [-0.15, -0.1) is 0 Å². The highest BCUT2D eigenvalue weighted by Gasteiger charge is 2.45. The number of hydrogen-bond donors (Lipinski definition) is 2. The van der Waals surface area contributed by atoms with Gasteiger partial charge in [-0.3, -0.25) is 0 Å².